The Labute approximate surface area is 141 Å². The molecule has 5 heteroatoms. The van der Waals surface area contributed by atoms with Crippen LogP contribution in [0.2, 0.25) is 0 Å². The van der Waals surface area contributed by atoms with E-state index in [0.717, 1.165) is 42.4 Å². The van der Waals surface area contributed by atoms with Crippen molar-refractivity contribution in [3.05, 3.63) is 51.5 Å². The van der Waals surface area contributed by atoms with Crippen molar-refractivity contribution in [1.29, 1.82) is 0 Å². The fourth-order valence-corrected chi connectivity index (χ4v) is 3.89. The summed E-state index contributed by atoms with van der Waals surface area (Å²) in [6.45, 7) is 6.94. The van der Waals surface area contributed by atoms with E-state index in [1.54, 1.807) is 11.3 Å². The highest BCUT2D eigenvalue weighted by Gasteiger charge is 2.23. The van der Waals surface area contributed by atoms with Crippen LogP contribution in [0, 0.1) is 13.8 Å². The molecule has 0 radical (unpaired) electrons. The lowest BCUT2D eigenvalue weighted by atomic mass is 10.0. The maximum atomic E-state index is 12.3. The van der Waals surface area contributed by atoms with Gasteiger partial charge in [0, 0.05) is 30.6 Å². The zero-order valence-electron chi connectivity index (χ0n) is 13.7. The third kappa shape index (κ3) is 4.18. The molecule has 1 aliphatic heterocycles. The summed E-state index contributed by atoms with van der Waals surface area (Å²) in [5.74, 6) is -0.0200. The van der Waals surface area contributed by atoms with Gasteiger partial charge in [-0.2, -0.15) is 0 Å². The van der Waals surface area contributed by atoms with E-state index in [1.165, 1.54) is 5.56 Å². The molecule has 0 bridgehead atoms. The normalized spacial score (nSPS) is 16.4. The number of amides is 1. The van der Waals surface area contributed by atoms with E-state index in [0.29, 0.717) is 5.69 Å². The summed E-state index contributed by atoms with van der Waals surface area (Å²) >= 11 is 1.58. The van der Waals surface area contributed by atoms with Gasteiger partial charge in [-0.1, -0.05) is 30.3 Å². The minimum atomic E-state index is -0.0200. The molecule has 3 rings (SSSR count). The molecule has 122 valence electrons. The second-order valence-corrected chi connectivity index (χ2v) is 7.55. The number of benzene rings is 1. The average Bonchev–Trinajstić information content (AvgIpc) is 2.89. The third-order valence-corrected chi connectivity index (χ3v) is 5.18. The second-order valence-electron chi connectivity index (χ2n) is 6.15. The number of hydrogen-bond acceptors (Lipinski definition) is 4. The monoisotopic (exact) mass is 329 g/mol. The quantitative estimate of drug-likeness (QED) is 0.937. The second kappa shape index (κ2) is 7.23. The standard InChI is InChI=1S/C18H23N3OS/c1-13-17(19-14(2)23-13)18(22)20-16-8-10-21(11-9-16)12-15-6-4-3-5-7-15/h3-7,16H,8-12H2,1-2H3,(H,20,22). The molecule has 23 heavy (non-hydrogen) atoms. The summed E-state index contributed by atoms with van der Waals surface area (Å²) in [7, 11) is 0. The van der Waals surface area contributed by atoms with Crippen LogP contribution < -0.4 is 5.32 Å². The molecule has 1 N–H and O–H groups in total. The summed E-state index contributed by atoms with van der Waals surface area (Å²) in [6, 6.07) is 10.8. The maximum absolute atomic E-state index is 12.3. The van der Waals surface area contributed by atoms with Crippen LogP contribution in [0.3, 0.4) is 0 Å². The van der Waals surface area contributed by atoms with Gasteiger partial charge in [-0.15, -0.1) is 11.3 Å². The molecule has 1 fully saturated rings. The molecule has 1 aromatic heterocycles. The lowest BCUT2D eigenvalue weighted by molar-refractivity contribution is 0.0904. The van der Waals surface area contributed by atoms with Crippen molar-refractivity contribution in [1.82, 2.24) is 15.2 Å². The van der Waals surface area contributed by atoms with Gasteiger partial charge >= 0.3 is 0 Å². The highest BCUT2D eigenvalue weighted by Crippen LogP contribution is 2.18. The van der Waals surface area contributed by atoms with Crippen LogP contribution in [-0.4, -0.2) is 34.9 Å². The van der Waals surface area contributed by atoms with Crippen molar-refractivity contribution in [2.24, 2.45) is 0 Å². The summed E-state index contributed by atoms with van der Waals surface area (Å²) in [5, 5.41) is 4.10. The zero-order valence-corrected chi connectivity index (χ0v) is 14.5. The highest BCUT2D eigenvalue weighted by atomic mass is 32.1. The van der Waals surface area contributed by atoms with Gasteiger partial charge in [0.05, 0.1) is 5.01 Å². The molecule has 0 atom stereocenters. The average molecular weight is 329 g/mol. The van der Waals surface area contributed by atoms with Gasteiger partial charge in [0.25, 0.3) is 5.91 Å². The Morgan fingerprint density at radius 3 is 2.57 bits per heavy atom. The first-order valence-electron chi connectivity index (χ1n) is 8.13. The van der Waals surface area contributed by atoms with Crippen molar-refractivity contribution < 1.29 is 4.79 Å². The fraction of sp³-hybridized carbons (Fsp3) is 0.444. The van der Waals surface area contributed by atoms with E-state index in [9.17, 15) is 4.79 Å². The molecular weight excluding hydrogens is 306 g/mol. The Bertz CT molecular complexity index is 660. The first-order chi connectivity index (χ1) is 11.1. The van der Waals surface area contributed by atoms with Crippen LogP contribution >= 0.6 is 11.3 Å². The van der Waals surface area contributed by atoms with Gasteiger partial charge in [-0.3, -0.25) is 9.69 Å². The Morgan fingerprint density at radius 2 is 1.96 bits per heavy atom. The maximum Gasteiger partial charge on any atom is 0.271 e. The molecule has 1 amide bonds. The Hall–Kier alpha value is -1.72. The van der Waals surface area contributed by atoms with Crippen LogP contribution in [0.4, 0.5) is 0 Å². The fourth-order valence-electron chi connectivity index (χ4n) is 3.07. The molecule has 2 aromatic rings. The molecule has 2 heterocycles. The van der Waals surface area contributed by atoms with E-state index in [1.807, 2.05) is 19.9 Å². The smallest absolute Gasteiger partial charge is 0.271 e. The number of carbonyl (C=O) groups is 1. The van der Waals surface area contributed by atoms with Gasteiger partial charge in [0.1, 0.15) is 5.69 Å². The first kappa shape index (κ1) is 16.1. The molecule has 1 aliphatic rings. The van der Waals surface area contributed by atoms with Gasteiger partial charge in [-0.25, -0.2) is 4.98 Å². The van der Waals surface area contributed by atoms with Crippen LogP contribution in [0.25, 0.3) is 0 Å². The number of rotatable bonds is 4. The topological polar surface area (TPSA) is 45.2 Å². The molecule has 1 aromatic carbocycles. The van der Waals surface area contributed by atoms with Crippen LogP contribution in [0.15, 0.2) is 30.3 Å². The number of piperidine rings is 1. The molecule has 0 spiro atoms. The van der Waals surface area contributed by atoms with Crippen molar-refractivity contribution in [3.63, 3.8) is 0 Å². The summed E-state index contributed by atoms with van der Waals surface area (Å²) < 4.78 is 0. The minimum Gasteiger partial charge on any atom is -0.348 e. The number of hydrogen-bond donors (Lipinski definition) is 1. The number of likely N-dealkylation sites (tertiary alicyclic amines) is 1. The predicted molar refractivity (Wildman–Crippen MR) is 93.8 cm³/mol. The van der Waals surface area contributed by atoms with E-state index in [-0.39, 0.29) is 11.9 Å². The summed E-state index contributed by atoms with van der Waals surface area (Å²) in [4.78, 5) is 20.1. The molecule has 0 aliphatic carbocycles. The first-order valence-corrected chi connectivity index (χ1v) is 8.94. The lowest BCUT2D eigenvalue weighted by Gasteiger charge is -2.32. The number of carbonyl (C=O) groups excluding carboxylic acids is 1. The molecule has 0 saturated carbocycles. The van der Waals surface area contributed by atoms with Crippen molar-refractivity contribution in [3.8, 4) is 0 Å². The molecular formula is C18H23N3OS. The van der Waals surface area contributed by atoms with Crippen LogP contribution in [-0.2, 0) is 6.54 Å². The van der Waals surface area contributed by atoms with Gasteiger partial charge < -0.3 is 5.32 Å². The minimum absolute atomic E-state index is 0.0200. The Kier molecular flexibility index (Phi) is 5.08. The van der Waals surface area contributed by atoms with Crippen molar-refractivity contribution >= 4 is 17.2 Å². The van der Waals surface area contributed by atoms with Crippen LogP contribution in [0.1, 0.15) is 38.8 Å². The van der Waals surface area contributed by atoms with Crippen molar-refractivity contribution in [2.75, 3.05) is 13.1 Å². The number of nitrogens with zero attached hydrogens (tertiary/aromatic N) is 2. The number of nitrogens with one attached hydrogen (secondary N) is 1. The zero-order chi connectivity index (χ0) is 16.2. The molecule has 1 saturated heterocycles. The number of aryl methyl sites for hydroxylation is 2. The number of aromatic nitrogens is 1. The van der Waals surface area contributed by atoms with E-state index >= 15 is 0 Å². The van der Waals surface area contributed by atoms with Gasteiger partial charge in [0.2, 0.25) is 0 Å². The third-order valence-electron chi connectivity index (χ3n) is 4.29. The summed E-state index contributed by atoms with van der Waals surface area (Å²) in [5.41, 5.74) is 1.95. The number of thiazole rings is 1. The van der Waals surface area contributed by atoms with Gasteiger partial charge in [-0.05, 0) is 32.3 Å². The largest absolute Gasteiger partial charge is 0.348 e. The van der Waals surface area contributed by atoms with E-state index in [4.69, 9.17) is 0 Å². The van der Waals surface area contributed by atoms with Crippen molar-refractivity contribution in [2.45, 2.75) is 39.3 Å². The Balaban J connectivity index is 1.49. The van der Waals surface area contributed by atoms with E-state index < -0.39 is 0 Å². The SMILES string of the molecule is Cc1nc(C(=O)NC2CCN(Cc3ccccc3)CC2)c(C)s1. The highest BCUT2D eigenvalue weighted by molar-refractivity contribution is 7.11. The summed E-state index contributed by atoms with van der Waals surface area (Å²) in [6.07, 6.45) is 2.00. The Morgan fingerprint density at radius 1 is 1.26 bits per heavy atom. The molecule has 0 unspecified atom stereocenters. The van der Waals surface area contributed by atoms with Crippen LogP contribution in [0.5, 0.6) is 0 Å². The van der Waals surface area contributed by atoms with Gasteiger partial charge in [0.15, 0.2) is 0 Å². The van der Waals surface area contributed by atoms with E-state index in [2.05, 4.69) is 39.5 Å². The lowest BCUT2D eigenvalue weighted by Crippen LogP contribution is -2.44. The molecule has 4 nitrogen and oxygen atoms in total. The predicted octanol–water partition coefficient (Wildman–Crippen LogP) is 3.15.